The maximum absolute atomic E-state index is 2.51. The molecule has 0 bridgehead atoms. The molecule has 86 heavy (non-hydrogen) atoms. The molecule has 14 aromatic carbocycles. The van der Waals surface area contributed by atoms with Gasteiger partial charge in [-0.3, -0.25) is 0 Å². The summed E-state index contributed by atoms with van der Waals surface area (Å²) in [7, 11) is 0. The molecule has 0 aliphatic heterocycles. The second-order valence-electron chi connectivity index (χ2n) is 22.6. The topological polar surface area (TPSA) is 16.3 Å². The Morgan fingerprint density at radius 3 is 1.06 bits per heavy atom. The van der Waals surface area contributed by atoms with Crippen LogP contribution in [0.4, 0.5) is 34.1 Å². The molecule has 406 valence electrons. The fourth-order valence-corrected chi connectivity index (χ4v) is 13.3. The van der Waals surface area contributed by atoms with Gasteiger partial charge in [0, 0.05) is 72.1 Å². The van der Waals surface area contributed by atoms with E-state index in [0.29, 0.717) is 0 Å². The van der Waals surface area contributed by atoms with Gasteiger partial charge in [-0.25, -0.2) is 0 Å². The lowest BCUT2D eigenvalue weighted by Crippen LogP contribution is -2.12. The van der Waals surface area contributed by atoms with E-state index in [1.54, 1.807) is 0 Å². The number of aryl methyl sites for hydroxylation is 2. The first-order valence-electron chi connectivity index (χ1n) is 29.6. The van der Waals surface area contributed by atoms with Gasteiger partial charge < -0.3 is 18.9 Å². The minimum atomic E-state index is 1.06. The number of nitrogens with zero attached hydrogens (tertiary/aromatic N) is 4. The number of rotatable bonds is 11. The monoisotopic (exact) mass is 1100 g/mol. The predicted molar refractivity (Wildman–Crippen MR) is 365 cm³/mol. The number of para-hydroxylation sites is 2. The van der Waals surface area contributed by atoms with Crippen molar-refractivity contribution >= 4 is 99.3 Å². The number of benzene rings is 14. The summed E-state index contributed by atoms with van der Waals surface area (Å²) in [6, 6.07) is 116. The van der Waals surface area contributed by atoms with Crippen LogP contribution in [0.3, 0.4) is 0 Å². The number of aromatic nitrogens is 2. The fraction of sp³-hybridized carbons (Fsp3) is 0.0244. The Hall–Kier alpha value is -11.2. The van der Waals surface area contributed by atoms with Crippen molar-refractivity contribution in [2.75, 3.05) is 9.80 Å². The Morgan fingerprint density at radius 2 is 0.581 bits per heavy atom. The molecule has 4 nitrogen and oxygen atoms in total. The summed E-state index contributed by atoms with van der Waals surface area (Å²) in [5.41, 5.74) is 23.0. The lowest BCUT2D eigenvalue weighted by atomic mass is 9.89. The molecule has 0 saturated heterocycles. The number of hydrogen-bond acceptors (Lipinski definition) is 2. The van der Waals surface area contributed by atoms with Crippen LogP contribution in [-0.2, 0) is 0 Å². The van der Waals surface area contributed by atoms with Crippen molar-refractivity contribution in [2.24, 2.45) is 0 Å². The van der Waals surface area contributed by atoms with Gasteiger partial charge in [0.25, 0.3) is 0 Å². The maximum Gasteiger partial charge on any atom is 0.0618 e. The standard InChI is InChI=1S/C82H58N4/c1-55-35-41-63(42-36-55)85-77-33-15-13-27-69(77)75-53-67(47-49-79(75)85)83(65-25-17-23-60(51-65)57-19-5-3-6-20-57)62-45-39-59(40-46-62)81-71-29-9-11-31-73(71)82(74-32-12-10-30-72(74)81)84(66-26-18-24-61(52-66)58-21-7-4-8-22-58)68-48-50-80-76(54-68)70-28-14-16-34-78(70)86(80)64-43-37-56(2)38-44-64/h3-54H,1-2H3. The minimum Gasteiger partial charge on any atom is -0.310 e. The molecule has 0 amide bonds. The summed E-state index contributed by atoms with van der Waals surface area (Å²) in [4.78, 5) is 4.93. The normalized spacial score (nSPS) is 11.6. The SMILES string of the molecule is Cc1ccc(-n2c3ccccc3c3cc(N(c4ccc(-c5c6ccccc6c(N(c6cccc(-c7ccccc7)c6)c6ccc7c(c6)c6ccccc6n7-c6ccc(C)cc6)c6ccccc56)cc4)c4cccc(-c5ccccc5)c4)ccc32)cc1. The van der Waals surface area contributed by atoms with E-state index in [9.17, 15) is 0 Å². The Bertz CT molecular complexity index is 5170. The number of fused-ring (bicyclic) bond motifs is 8. The van der Waals surface area contributed by atoms with Gasteiger partial charge in [-0.05, 0) is 167 Å². The molecule has 16 aromatic rings. The van der Waals surface area contributed by atoms with Gasteiger partial charge in [-0.15, -0.1) is 0 Å². The molecule has 0 aliphatic rings. The van der Waals surface area contributed by atoms with Crippen LogP contribution in [-0.4, -0.2) is 9.13 Å². The van der Waals surface area contributed by atoms with Crippen molar-refractivity contribution in [3.8, 4) is 44.8 Å². The van der Waals surface area contributed by atoms with Crippen molar-refractivity contribution < 1.29 is 0 Å². The van der Waals surface area contributed by atoms with E-state index in [0.717, 1.165) is 73.0 Å². The summed E-state index contributed by atoms with van der Waals surface area (Å²) in [5, 5.41) is 9.51. The molecule has 0 aliphatic carbocycles. The van der Waals surface area contributed by atoms with Crippen LogP contribution in [0, 0.1) is 13.8 Å². The zero-order chi connectivity index (χ0) is 57.2. The second kappa shape index (κ2) is 20.9. The van der Waals surface area contributed by atoms with E-state index in [1.165, 1.54) is 82.2 Å². The fourth-order valence-electron chi connectivity index (χ4n) is 13.3. The molecule has 0 atom stereocenters. The predicted octanol–water partition coefficient (Wildman–Crippen LogP) is 22.7. The summed E-state index contributed by atoms with van der Waals surface area (Å²) in [6.07, 6.45) is 0. The van der Waals surface area contributed by atoms with Crippen molar-refractivity contribution in [1.29, 1.82) is 0 Å². The van der Waals surface area contributed by atoms with Gasteiger partial charge in [0.15, 0.2) is 0 Å². The molecule has 0 spiro atoms. The average Bonchev–Trinajstić information content (AvgIpc) is 1.41. The molecule has 4 heteroatoms. The van der Waals surface area contributed by atoms with Crippen molar-refractivity contribution in [1.82, 2.24) is 9.13 Å². The maximum atomic E-state index is 2.51. The molecule has 0 N–H and O–H groups in total. The molecule has 0 saturated carbocycles. The lowest BCUT2D eigenvalue weighted by Gasteiger charge is -2.30. The molecule has 0 radical (unpaired) electrons. The highest BCUT2D eigenvalue weighted by Gasteiger charge is 2.25. The van der Waals surface area contributed by atoms with Gasteiger partial charge in [0.2, 0.25) is 0 Å². The molecular formula is C82H58N4. The third kappa shape index (κ3) is 8.61. The quantitative estimate of drug-likeness (QED) is 0.120. The van der Waals surface area contributed by atoms with E-state index in [1.807, 2.05) is 0 Å². The lowest BCUT2D eigenvalue weighted by molar-refractivity contribution is 1.17. The van der Waals surface area contributed by atoms with Crippen LogP contribution in [0.15, 0.2) is 315 Å². The number of hydrogen-bond donors (Lipinski definition) is 0. The average molecular weight is 1100 g/mol. The molecule has 0 fully saturated rings. The first-order chi connectivity index (χ1) is 42.5. The van der Waals surface area contributed by atoms with Crippen LogP contribution in [0.25, 0.3) is 110 Å². The molecule has 16 rings (SSSR count). The largest absolute Gasteiger partial charge is 0.310 e. The van der Waals surface area contributed by atoms with Gasteiger partial charge >= 0.3 is 0 Å². The Balaban J connectivity index is 0.880. The van der Waals surface area contributed by atoms with Crippen LogP contribution in [0.1, 0.15) is 11.1 Å². The van der Waals surface area contributed by atoms with Gasteiger partial charge in [0.05, 0.1) is 27.8 Å². The highest BCUT2D eigenvalue weighted by Crippen LogP contribution is 2.50. The minimum absolute atomic E-state index is 1.06. The third-order valence-corrected chi connectivity index (χ3v) is 17.4. The summed E-state index contributed by atoms with van der Waals surface area (Å²) in [6.45, 7) is 4.29. The van der Waals surface area contributed by atoms with E-state index in [2.05, 4.69) is 348 Å². The molecular weight excluding hydrogens is 1040 g/mol. The van der Waals surface area contributed by atoms with Crippen molar-refractivity contribution in [3.63, 3.8) is 0 Å². The number of anilines is 6. The smallest absolute Gasteiger partial charge is 0.0618 e. The van der Waals surface area contributed by atoms with Gasteiger partial charge in [-0.2, -0.15) is 0 Å². The Morgan fingerprint density at radius 1 is 0.221 bits per heavy atom. The van der Waals surface area contributed by atoms with E-state index in [-0.39, 0.29) is 0 Å². The first-order valence-corrected chi connectivity index (χ1v) is 29.6. The molecule has 0 unspecified atom stereocenters. The molecule has 2 aromatic heterocycles. The molecule has 2 heterocycles. The van der Waals surface area contributed by atoms with E-state index < -0.39 is 0 Å². The second-order valence-corrected chi connectivity index (χ2v) is 22.6. The highest BCUT2D eigenvalue weighted by molar-refractivity contribution is 6.23. The van der Waals surface area contributed by atoms with E-state index >= 15 is 0 Å². The van der Waals surface area contributed by atoms with Crippen molar-refractivity contribution in [3.05, 3.63) is 327 Å². The zero-order valence-electron chi connectivity index (χ0n) is 47.8. The van der Waals surface area contributed by atoms with Gasteiger partial charge in [0.1, 0.15) is 0 Å². The summed E-state index contributed by atoms with van der Waals surface area (Å²) >= 11 is 0. The van der Waals surface area contributed by atoms with Crippen LogP contribution in [0.2, 0.25) is 0 Å². The van der Waals surface area contributed by atoms with E-state index in [4.69, 9.17) is 0 Å². The first kappa shape index (κ1) is 50.5. The third-order valence-electron chi connectivity index (χ3n) is 17.4. The van der Waals surface area contributed by atoms with Crippen LogP contribution in [0.5, 0.6) is 0 Å². The summed E-state index contributed by atoms with van der Waals surface area (Å²) in [5.74, 6) is 0. The highest BCUT2D eigenvalue weighted by atomic mass is 15.2. The Kier molecular flexibility index (Phi) is 12.3. The van der Waals surface area contributed by atoms with Crippen LogP contribution < -0.4 is 9.80 Å². The Labute approximate surface area is 500 Å². The van der Waals surface area contributed by atoms with Gasteiger partial charge in [-0.1, -0.05) is 217 Å². The zero-order valence-corrected chi connectivity index (χ0v) is 47.8. The van der Waals surface area contributed by atoms with Crippen LogP contribution >= 0.6 is 0 Å². The summed E-state index contributed by atoms with van der Waals surface area (Å²) < 4.78 is 4.81. The van der Waals surface area contributed by atoms with Crippen molar-refractivity contribution in [2.45, 2.75) is 13.8 Å².